The Bertz CT molecular complexity index is 885. The number of carbonyl (C=O) groups is 3. The Hall–Kier alpha value is -2.28. The number of nitrogens with zero attached hydrogens (tertiary/aromatic N) is 1. The second kappa shape index (κ2) is 7.69. The molecule has 7 nitrogen and oxygen atoms in total. The summed E-state index contributed by atoms with van der Waals surface area (Å²) in [4.78, 5) is 39.5. The van der Waals surface area contributed by atoms with Crippen molar-refractivity contribution in [3.8, 4) is 5.75 Å². The molecule has 4 aliphatic carbocycles. The van der Waals surface area contributed by atoms with Crippen molar-refractivity contribution >= 4 is 29.3 Å². The summed E-state index contributed by atoms with van der Waals surface area (Å²) in [6, 6.07) is 6.65. The maximum atomic E-state index is 13.7. The number of primary amides is 2. The minimum atomic E-state index is -1.21. The van der Waals surface area contributed by atoms with Crippen LogP contribution in [-0.4, -0.2) is 40.8 Å². The summed E-state index contributed by atoms with van der Waals surface area (Å²) < 4.78 is 6.01. The topological polar surface area (TPSA) is 116 Å². The molecular weight excluding hydrogens is 418 g/mol. The van der Waals surface area contributed by atoms with Crippen molar-refractivity contribution in [2.45, 2.75) is 57.6 Å². The maximum Gasteiger partial charge on any atom is 0.266 e. The number of halogens is 1. The van der Waals surface area contributed by atoms with Crippen LogP contribution in [0, 0.1) is 23.2 Å². The molecule has 0 aliphatic heterocycles. The molecule has 168 valence electrons. The third-order valence-corrected chi connectivity index (χ3v) is 7.65. The quantitative estimate of drug-likeness (QED) is 0.667. The van der Waals surface area contributed by atoms with Crippen LogP contribution in [0.25, 0.3) is 0 Å². The largest absolute Gasteiger partial charge is 0.478 e. The van der Waals surface area contributed by atoms with Crippen LogP contribution < -0.4 is 16.2 Å². The molecule has 2 atom stereocenters. The van der Waals surface area contributed by atoms with Gasteiger partial charge in [-0.05, 0) is 88.0 Å². The van der Waals surface area contributed by atoms with Gasteiger partial charge in [-0.3, -0.25) is 14.4 Å². The van der Waals surface area contributed by atoms with Crippen LogP contribution in [0.1, 0.15) is 46.0 Å². The van der Waals surface area contributed by atoms with Gasteiger partial charge in [0.15, 0.2) is 5.60 Å². The summed E-state index contributed by atoms with van der Waals surface area (Å²) in [5.41, 5.74) is 9.67. The van der Waals surface area contributed by atoms with Gasteiger partial charge in [0, 0.05) is 16.5 Å². The number of carbonyl (C=O) groups excluding carboxylic acids is 3. The molecule has 4 fully saturated rings. The smallest absolute Gasteiger partial charge is 0.266 e. The van der Waals surface area contributed by atoms with E-state index >= 15 is 0 Å². The van der Waals surface area contributed by atoms with E-state index in [2.05, 4.69) is 0 Å². The van der Waals surface area contributed by atoms with Gasteiger partial charge in [0.05, 0.1) is 6.54 Å². The number of ether oxygens (including phenoxy) is 1. The molecule has 4 aliphatic rings. The van der Waals surface area contributed by atoms with E-state index in [1.165, 1.54) is 0 Å². The lowest BCUT2D eigenvalue weighted by Gasteiger charge is -2.61. The molecule has 0 saturated heterocycles. The minimum absolute atomic E-state index is 0.133. The van der Waals surface area contributed by atoms with Crippen LogP contribution in [0.4, 0.5) is 0 Å². The van der Waals surface area contributed by atoms with E-state index in [1.807, 2.05) is 0 Å². The molecule has 4 N–H and O–H groups in total. The highest BCUT2D eigenvalue weighted by atomic mass is 35.5. The molecule has 1 aromatic rings. The van der Waals surface area contributed by atoms with Gasteiger partial charge in [-0.2, -0.15) is 0 Å². The molecule has 1 aromatic carbocycles. The summed E-state index contributed by atoms with van der Waals surface area (Å²) in [5.74, 6) is 0.150. The average Bonchev–Trinajstić information content (AvgIpc) is 2.67. The molecule has 0 aromatic heterocycles. The molecule has 0 spiro atoms. The Balaban J connectivity index is 1.60. The number of nitrogens with two attached hydrogens (primary N) is 2. The summed E-state index contributed by atoms with van der Waals surface area (Å²) in [7, 11) is 0. The predicted octanol–water partition coefficient (Wildman–Crippen LogP) is 2.49. The standard InChI is InChI=1S/C23H30ClN3O4/c1-22(2,31-17-5-3-16(24)4-6-17)21(30)27(12-18(25)28)19-14-7-13-8-15(19)11-23(9-13,10-14)20(26)29/h3-6,13-15,19H,7-12H2,1-2H3,(H2,25,28)(H2,26,29). The van der Waals surface area contributed by atoms with Gasteiger partial charge in [-0.15, -0.1) is 0 Å². The maximum absolute atomic E-state index is 13.7. The van der Waals surface area contributed by atoms with Gasteiger partial charge in [0.2, 0.25) is 11.8 Å². The molecule has 31 heavy (non-hydrogen) atoms. The van der Waals surface area contributed by atoms with Crippen molar-refractivity contribution in [1.82, 2.24) is 4.90 Å². The molecule has 0 radical (unpaired) electrons. The molecule has 8 heteroatoms. The highest BCUT2D eigenvalue weighted by molar-refractivity contribution is 6.30. The van der Waals surface area contributed by atoms with Crippen molar-refractivity contribution in [2.75, 3.05) is 6.54 Å². The number of hydrogen-bond donors (Lipinski definition) is 2. The van der Waals surface area contributed by atoms with Gasteiger partial charge in [0.25, 0.3) is 5.91 Å². The first kappa shape index (κ1) is 21.9. The first-order valence-corrected chi connectivity index (χ1v) is 11.2. The highest BCUT2D eigenvalue weighted by Crippen LogP contribution is 2.61. The van der Waals surface area contributed by atoms with Crippen molar-refractivity contribution in [2.24, 2.45) is 34.6 Å². The summed E-state index contributed by atoms with van der Waals surface area (Å²) in [6.07, 6.45) is 4.06. The second-order valence-corrected chi connectivity index (χ2v) is 10.5. The lowest BCUT2D eigenvalue weighted by atomic mass is 9.47. The Morgan fingerprint density at radius 2 is 1.68 bits per heavy atom. The predicted molar refractivity (Wildman–Crippen MR) is 116 cm³/mol. The lowest BCUT2D eigenvalue weighted by molar-refractivity contribution is -0.169. The Morgan fingerprint density at radius 3 is 2.19 bits per heavy atom. The Kier molecular flexibility index (Phi) is 5.44. The van der Waals surface area contributed by atoms with E-state index in [-0.39, 0.29) is 36.2 Å². The zero-order valence-electron chi connectivity index (χ0n) is 18.0. The van der Waals surface area contributed by atoms with Crippen LogP contribution in [-0.2, 0) is 14.4 Å². The monoisotopic (exact) mass is 447 g/mol. The zero-order chi connectivity index (χ0) is 22.6. The summed E-state index contributed by atoms with van der Waals surface area (Å²) in [6.45, 7) is 3.22. The molecule has 0 heterocycles. The van der Waals surface area contributed by atoms with Crippen LogP contribution in [0.3, 0.4) is 0 Å². The van der Waals surface area contributed by atoms with Crippen LogP contribution in [0.5, 0.6) is 5.75 Å². The Labute approximate surface area is 187 Å². The highest BCUT2D eigenvalue weighted by Gasteiger charge is 2.60. The van der Waals surface area contributed by atoms with Gasteiger partial charge in [-0.25, -0.2) is 0 Å². The SMILES string of the molecule is CC(C)(Oc1ccc(Cl)cc1)C(=O)N(CC(N)=O)C1C2CC3CC1CC(C(N)=O)(C3)C2. The number of rotatable bonds is 7. The van der Waals surface area contributed by atoms with E-state index < -0.39 is 16.9 Å². The molecule has 4 bridgehead atoms. The fourth-order valence-corrected chi connectivity index (χ4v) is 6.60. The molecular formula is C23H30ClN3O4. The molecule has 2 unspecified atom stereocenters. The van der Waals surface area contributed by atoms with Crippen molar-refractivity contribution in [3.63, 3.8) is 0 Å². The Morgan fingerprint density at radius 1 is 1.10 bits per heavy atom. The van der Waals surface area contributed by atoms with Gasteiger partial charge >= 0.3 is 0 Å². The van der Waals surface area contributed by atoms with Gasteiger partial charge in [0.1, 0.15) is 5.75 Å². The summed E-state index contributed by atoms with van der Waals surface area (Å²) >= 11 is 5.94. The number of hydrogen-bond acceptors (Lipinski definition) is 4. The summed E-state index contributed by atoms with van der Waals surface area (Å²) in [5, 5.41) is 0.573. The lowest BCUT2D eigenvalue weighted by Crippen LogP contribution is -2.65. The van der Waals surface area contributed by atoms with Crippen LogP contribution in [0.2, 0.25) is 5.02 Å². The minimum Gasteiger partial charge on any atom is -0.478 e. The van der Waals surface area contributed by atoms with Gasteiger partial charge < -0.3 is 21.1 Å². The zero-order valence-corrected chi connectivity index (χ0v) is 18.7. The third kappa shape index (κ3) is 4.00. The van der Waals surface area contributed by atoms with E-state index in [9.17, 15) is 14.4 Å². The fraction of sp³-hybridized carbons (Fsp3) is 0.609. The van der Waals surface area contributed by atoms with Crippen molar-refractivity contribution in [1.29, 1.82) is 0 Å². The first-order chi connectivity index (χ1) is 14.5. The number of amides is 3. The fourth-order valence-electron chi connectivity index (χ4n) is 6.48. The average molecular weight is 448 g/mol. The van der Waals surface area contributed by atoms with Crippen LogP contribution >= 0.6 is 11.6 Å². The van der Waals surface area contributed by atoms with Crippen LogP contribution in [0.15, 0.2) is 24.3 Å². The van der Waals surface area contributed by atoms with E-state index in [4.69, 9.17) is 27.8 Å². The van der Waals surface area contributed by atoms with Crippen molar-refractivity contribution < 1.29 is 19.1 Å². The van der Waals surface area contributed by atoms with E-state index in [1.54, 1.807) is 43.0 Å². The third-order valence-electron chi connectivity index (χ3n) is 7.39. The first-order valence-electron chi connectivity index (χ1n) is 10.8. The van der Waals surface area contributed by atoms with Crippen molar-refractivity contribution in [3.05, 3.63) is 29.3 Å². The van der Waals surface area contributed by atoms with Gasteiger partial charge in [-0.1, -0.05) is 11.6 Å². The molecule has 4 saturated carbocycles. The normalized spacial score (nSPS) is 31.3. The molecule has 3 amide bonds. The molecule has 5 rings (SSSR count). The second-order valence-electron chi connectivity index (χ2n) is 10.1. The number of benzene rings is 1. The van der Waals surface area contributed by atoms with E-state index in [0.717, 1.165) is 19.3 Å². The van der Waals surface area contributed by atoms with E-state index in [0.29, 0.717) is 29.5 Å².